The van der Waals surface area contributed by atoms with Crippen LogP contribution >= 0.6 is 0 Å². The van der Waals surface area contributed by atoms with Crippen LogP contribution in [0.25, 0.3) is 11.5 Å². The number of hydrogen-bond acceptors (Lipinski definition) is 6. The van der Waals surface area contributed by atoms with Crippen LogP contribution in [0.15, 0.2) is 67.1 Å². The highest BCUT2D eigenvalue weighted by molar-refractivity contribution is 5.53. The van der Waals surface area contributed by atoms with Gasteiger partial charge in [0.15, 0.2) is 0 Å². The molecule has 4 aromatic rings. The molecular weight excluding hydrogens is 410 g/mol. The van der Waals surface area contributed by atoms with E-state index in [0.717, 1.165) is 52.3 Å². The van der Waals surface area contributed by atoms with Gasteiger partial charge in [0.1, 0.15) is 23.8 Å². The number of benzene rings is 2. The molecule has 8 heteroatoms. The van der Waals surface area contributed by atoms with Gasteiger partial charge in [-0.1, -0.05) is 24.3 Å². The van der Waals surface area contributed by atoms with E-state index in [1.54, 1.807) is 0 Å². The van der Waals surface area contributed by atoms with Crippen molar-refractivity contribution < 1.29 is 13.7 Å². The van der Waals surface area contributed by atoms with E-state index in [1.807, 2.05) is 55.5 Å². The minimum Gasteiger partial charge on any atom is -0.487 e. The largest absolute Gasteiger partial charge is 0.487 e. The highest BCUT2D eigenvalue weighted by atomic mass is 16.5. The normalized spacial score (nSPS) is 15.5. The molecule has 0 aliphatic heterocycles. The zero-order chi connectivity index (χ0) is 22.1. The maximum absolute atomic E-state index is 11.8. The molecule has 1 atom stereocenters. The Kier molecular flexibility index (Phi) is 5.26. The van der Waals surface area contributed by atoms with Crippen molar-refractivity contribution in [3.05, 3.63) is 92.1 Å². The van der Waals surface area contributed by atoms with E-state index in [9.17, 15) is 9.59 Å². The van der Waals surface area contributed by atoms with Crippen molar-refractivity contribution in [1.82, 2.24) is 14.7 Å². The minimum absolute atomic E-state index is 0.107. The molecule has 0 amide bonds. The molecule has 2 heterocycles. The van der Waals surface area contributed by atoms with Gasteiger partial charge in [0, 0.05) is 11.5 Å². The third-order valence-corrected chi connectivity index (χ3v) is 5.86. The average molecular weight is 433 g/mol. The lowest BCUT2D eigenvalue weighted by Gasteiger charge is -2.25. The van der Waals surface area contributed by atoms with Crippen molar-refractivity contribution in [3.8, 4) is 17.2 Å². The van der Waals surface area contributed by atoms with Gasteiger partial charge in [-0.15, -0.1) is 0 Å². The van der Waals surface area contributed by atoms with Crippen molar-refractivity contribution in [2.45, 2.75) is 45.3 Å². The van der Waals surface area contributed by atoms with Gasteiger partial charge < -0.3 is 13.7 Å². The first-order valence-corrected chi connectivity index (χ1v) is 10.6. The van der Waals surface area contributed by atoms with Crippen molar-refractivity contribution in [1.29, 1.82) is 0 Å². The second-order valence-electron chi connectivity index (χ2n) is 8.00. The third-order valence-electron chi connectivity index (χ3n) is 5.86. The van der Waals surface area contributed by atoms with Gasteiger partial charge in [0.2, 0.25) is 5.89 Å². The second-order valence-corrected chi connectivity index (χ2v) is 8.00. The summed E-state index contributed by atoms with van der Waals surface area (Å²) in [6, 6.07) is 15.8. The molecule has 8 nitrogen and oxygen atoms in total. The topological polar surface area (TPSA) is 103 Å². The number of aromatic nitrogens is 3. The first-order valence-electron chi connectivity index (χ1n) is 10.6. The highest BCUT2D eigenvalue weighted by Crippen LogP contribution is 2.35. The minimum atomic E-state index is -0.728. The lowest BCUT2D eigenvalue weighted by Crippen LogP contribution is -2.22. The predicted molar refractivity (Wildman–Crippen MR) is 117 cm³/mol. The molecule has 0 spiro atoms. The number of nitrogens with zero attached hydrogens (tertiary/aromatic N) is 2. The van der Waals surface area contributed by atoms with Crippen LogP contribution in [0.3, 0.4) is 0 Å². The number of aromatic amines is 1. The summed E-state index contributed by atoms with van der Waals surface area (Å²) in [7, 11) is 0. The van der Waals surface area contributed by atoms with E-state index in [1.165, 1.54) is 5.56 Å². The smallest absolute Gasteiger partial charge is 0.440 e. The van der Waals surface area contributed by atoms with Gasteiger partial charge in [-0.25, -0.2) is 19.6 Å². The fraction of sp³-hybridized carbons (Fsp3) is 0.292. The molecule has 2 aromatic carbocycles. The molecule has 1 aliphatic rings. The molecular formula is C24H23N3O5. The van der Waals surface area contributed by atoms with Gasteiger partial charge >= 0.3 is 11.4 Å². The fourth-order valence-corrected chi connectivity index (χ4v) is 4.22. The molecule has 1 N–H and O–H groups in total. The maximum Gasteiger partial charge on any atom is 0.440 e. The predicted octanol–water partition coefficient (Wildman–Crippen LogP) is 3.79. The van der Waals surface area contributed by atoms with Crippen LogP contribution in [0, 0.1) is 6.92 Å². The van der Waals surface area contributed by atoms with E-state index in [4.69, 9.17) is 13.7 Å². The summed E-state index contributed by atoms with van der Waals surface area (Å²) in [5.74, 6) is 1.46. The van der Waals surface area contributed by atoms with E-state index in [-0.39, 0.29) is 5.92 Å². The molecule has 0 bridgehead atoms. The van der Waals surface area contributed by atoms with Crippen LogP contribution in [0.4, 0.5) is 0 Å². The number of fused-ring (bicyclic) bond motifs is 1. The Balaban J connectivity index is 1.30. The third kappa shape index (κ3) is 4.03. The SMILES string of the molecule is Cc1oc(-c2ccccc2)nc1COc1ccc2c(c1)CCCC2Cn1oc(=O)[nH]c1=O. The van der Waals surface area contributed by atoms with Gasteiger partial charge in [-0.05, 0) is 61.6 Å². The second kappa shape index (κ2) is 8.37. The Morgan fingerprint density at radius 2 is 2.03 bits per heavy atom. The van der Waals surface area contributed by atoms with Crippen molar-refractivity contribution >= 4 is 0 Å². The molecule has 0 fully saturated rings. The van der Waals surface area contributed by atoms with Crippen molar-refractivity contribution in [2.75, 3.05) is 0 Å². The van der Waals surface area contributed by atoms with Crippen molar-refractivity contribution in [2.24, 2.45) is 0 Å². The van der Waals surface area contributed by atoms with E-state index >= 15 is 0 Å². The Morgan fingerprint density at radius 3 is 2.81 bits per heavy atom. The Morgan fingerprint density at radius 1 is 1.19 bits per heavy atom. The molecule has 0 radical (unpaired) electrons. The molecule has 1 aliphatic carbocycles. The van der Waals surface area contributed by atoms with Crippen LogP contribution in [-0.2, 0) is 19.6 Å². The summed E-state index contributed by atoms with van der Waals surface area (Å²) in [4.78, 5) is 29.8. The Hall–Kier alpha value is -3.81. The number of rotatable bonds is 6. The molecule has 5 rings (SSSR count). The number of hydrogen-bond donors (Lipinski definition) is 1. The molecule has 0 saturated carbocycles. The summed E-state index contributed by atoms with van der Waals surface area (Å²) in [5.41, 5.74) is 3.52. The first-order chi connectivity index (χ1) is 15.6. The van der Waals surface area contributed by atoms with E-state index < -0.39 is 11.4 Å². The van der Waals surface area contributed by atoms with Gasteiger partial charge in [-0.2, -0.15) is 4.74 Å². The summed E-state index contributed by atoms with van der Waals surface area (Å²) in [6.45, 7) is 2.54. The molecule has 32 heavy (non-hydrogen) atoms. The van der Waals surface area contributed by atoms with Gasteiger partial charge in [0.05, 0.1) is 6.54 Å². The number of oxazole rings is 1. The van der Waals surface area contributed by atoms with Crippen LogP contribution in [0.2, 0.25) is 0 Å². The number of ether oxygens (including phenoxy) is 1. The van der Waals surface area contributed by atoms with Gasteiger partial charge in [0.25, 0.3) is 0 Å². The van der Waals surface area contributed by atoms with Crippen LogP contribution < -0.4 is 16.2 Å². The molecule has 164 valence electrons. The monoisotopic (exact) mass is 433 g/mol. The maximum atomic E-state index is 11.8. The van der Waals surface area contributed by atoms with Crippen LogP contribution in [0.5, 0.6) is 5.75 Å². The van der Waals surface area contributed by atoms with Gasteiger partial charge in [-0.3, -0.25) is 0 Å². The Bertz CT molecular complexity index is 1350. The molecule has 2 aromatic heterocycles. The summed E-state index contributed by atoms with van der Waals surface area (Å²) < 4.78 is 17.9. The summed E-state index contributed by atoms with van der Waals surface area (Å²) in [5, 5.41) is 0. The molecule has 1 unspecified atom stereocenters. The van der Waals surface area contributed by atoms with Crippen molar-refractivity contribution in [3.63, 3.8) is 0 Å². The van der Waals surface area contributed by atoms with Crippen LogP contribution in [-0.4, -0.2) is 14.7 Å². The standard InChI is InChI=1S/C24H23N3O5/c1-15-21(25-22(31-15)16-6-3-2-4-7-16)14-30-19-10-11-20-17(12-19)8-5-9-18(20)13-27-23(28)26-24(29)32-27/h2-4,6-7,10-12,18H,5,8-9,13-14H2,1H3,(H,26,28,29). The number of H-pyrrole nitrogens is 1. The number of nitrogens with one attached hydrogen (secondary N) is 1. The fourth-order valence-electron chi connectivity index (χ4n) is 4.22. The zero-order valence-corrected chi connectivity index (χ0v) is 17.7. The zero-order valence-electron chi connectivity index (χ0n) is 17.7. The lowest BCUT2D eigenvalue weighted by atomic mass is 9.83. The quantitative estimate of drug-likeness (QED) is 0.496. The highest BCUT2D eigenvalue weighted by Gasteiger charge is 2.23. The Labute approximate surface area is 183 Å². The lowest BCUT2D eigenvalue weighted by molar-refractivity contribution is 0.223. The van der Waals surface area contributed by atoms with E-state index in [0.29, 0.717) is 19.0 Å². The number of aryl methyl sites for hydroxylation is 2. The first kappa shape index (κ1) is 20.1. The summed E-state index contributed by atoms with van der Waals surface area (Å²) in [6.07, 6.45) is 2.86. The molecule has 0 saturated heterocycles. The van der Waals surface area contributed by atoms with E-state index in [2.05, 4.69) is 9.97 Å². The van der Waals surface area contributed by atoms with Crippen LogP contribution in [0.1, 0.15) is 41.3 Å². The summed E-state index contributed by atoms with van der Waals surface area (Å²) >= 11 is 0. The average Bonchev–Trinajstić information content (AvgIpc) is 3.33.